The third kappa shape index (κ3) is 5.96. The highest BCUT2D eigenvalue weighted by Crippen LogP contribution is 2.21. The minimum absolute atomic E-state index is 0.0561. The Kier molecular flexibility index (Phi) is 7.28. The van der Waals surface area contributed by atoms with Crippen LogP contribution >= 0.6 is 23.5 Å². The quantitative estimate of drug-likeness (QED) is 0.736. The van der Waals surface area contributed by atoms with E-state index < -0.39 is 0 Å². The molecule has 2 nitrogen and oxygen atoms in total. The third-order valence-electron chi connectivity index (χ3n) is 3.09. The number of carbonyl (C=O) groups is 2. The highest BCUT2D eigenvalue weighted by molar-refractivity contribution is 7.99. The Balaban J connectivity index is 2.55. The molecule has 0 radical (unpaired) electrons. The van der Waals surface area contributed by atoms with E-state index in [1.165, 1.54) is 12.8 Å². The summed E-state index contributed by atoms with van der Waals surface area (Å²) >= 11 is 3.70. The molecule has 0 aromatic carbocycles. The number of ketones is 2. The second-order valence-corrected chi connectivity index (χ2v) is 7.04. The molecule has 0 aromatic rings. The van der Waals surface area contributed by atoms with Crippen molar-refractivity contribution in [1.29, 1.82) is 0 Å². The first kappa shape index (κ1) is 15.1. The number of carbonyl (C=O) groups excluding carboxylic acids is 2. The van der Waals surface area contributed by atoms with Gasteiger partial charge < -0.3 is 0 Å². The fourth-order valence-corrected chi connectivity index (χ4v) is 4.08. The van der Waals surface area contributed by atoms with Gasteiger partial charge in [0.2, 0.25) is 0 Å². The molecule has 0 saturated carbocycles. The largest absolute Gasteiger partial charge is 0.300 e. The lowest BCUT2D eigenvalue weighted by molar-refractivity contribution is -0.127. The van der Waals surface area contributed by atoms with Gasteiger partial charge >= 0.3 is 0 Å². The van der Waals surface area contributed by atoms with Gasteiger partial charge in [-0.25, -0.2) is 0 Å². The SMILES string of the molecule is CC(=O)C1CSCCCCSCC(C)C(=O)C1. The van der Waals surface area contributed by atoms with Crippen LogP contribution in [-0.4, -0.2) is 34.6 Å². The van der Waals surface area contributed by atoms with Crippen molar-refractivity contribution in [3.8, 4) is 0 Å². The van der Waals surface area contributed by atoms with Crippen molar-refractivity contribution in [2.45, 2.75) is 33.1 Å². The van der Waals surface area contributed by atoms with Gasteiger partial charge in [0.25, 0.3) is 0 Å². The molecule has 0 spiro atoms. The maximum Gasteiger partial charge on any atom is 0.137 e. The predicted octanol–water partition coefficient (Wildman–Crippen LogP) is 3.05. The van der Waals surface area contributed by atoms with Crippen molar-refractivity contribution in [2.24, 2.45) is 11.8 Å². The number of Topliss-reactive ketones (excluding diaryl/α,β-unsaturated/α-hetero) is 2. The normalized spacial score (nSPS) is 29.2. The molecule has 0 N–H and O–H groups in total. The van der Waals surface area contributed by atoms with Crippen LogP contribution in [0.4, 0.5) is 0 Å². The average molecular weight is 274 g/mol. The van der Waals surface area contributed by atoms with Gasteiger partial charge in [-0.2, -0.15) is 23.5 Å². The Morgan fingerprint density at radius 1 is 1.18 bits per heavy atom. The molecule has 1 aliphatic heterocycles. The van der Waals surface area contributed by atoms with Gasteiger partial charge in [0.05, 0.1) is 0 Å². The van der Waals surface area contributed by atoms with Crippen LogP contribution in [0.2, 0.25) is 0 Å². The van der Waals surface area contributed by atoms with Crippen LogP contribution in [-0.2, 0) is 9.59 Å². The molecule has 1 aliphatic rings. The van der Waals surface area contributed by atoms with Crippen LogP contribution in [0.25, 0.3) is 0 Å². The van der Waals surface area contributed by atoms with E-state index in [9.17, 15) is 9.59 Å². The van der Waals surface area contributed by atoms with Crippen molar-refractivity contribution in [2.75, 3.05) is 23.0 Å². The van der Waals surface area contributed by atoms with Crippen LogP contribution in [0.15, 0.2) is 0 Å². The fourth-order valence-electron chi connectivity index (χ4n) is 1.75. The van der Waals surface area contributed by atoms with E-state index in [0.29, 0.717) is 6.42 Å². The Hall–Kier alpha value is 0.0400. The van der Waals surface area contributed by atoms with Crippen LogP contribution in [0.3, 0.4) is 0 Å². The summed E-state index contributed by atoms with van der Waals surface area (Å²) in [6, 6.07) is 0. The van der Waals surface area contributed by atoms with Crippen LogP contribution in [0.1, 0.15) is 33.1 Å². The van der Waals surface area contributed by atoms with Gasteiger partial charge in [-0.1, -0.05) is 6.92 Å². The van der Waals surface area contributed by atoms with Crippen LogP contribution in [0.5, 0.6) is 0 Å². The van der Waals surface area contributed by atoms with E-state index in [4.69, 9.17) is 0 Å². The van der Waals surface area contributed by atoms with E-state index in [1.54, 1.807) is 6.92 Å². The van der Waals surface area contributed by atoms with Crippen molar-refractivity contribution >= 4 is 35.1 Å². The first-order valence-corrected chi connectivity index (χ1v) is 8.61. The summed E-state index contributed by atoms with van der Waals surface area (Å²) in [5.41, 5.74) is 0. The van der Waals surface area contributed by atoms with Crippen molar-refractivity contribution in [3.63, 3.8) is 0 Å². The molecule has 2 unspecified atom stereocenters. The number of hydrogen-bond donors (Lipinski definition) is 0. The summed E-state index contributed by atoms with van der Waals surface area (Å²) in [6.07, 6.45) is 2.90. The van der Waals surface area contributed by atoms with E-state index in [1.807, 2.05) is 30.4 Å². The van der Waals surface area contributed by atoms with Crippen LogP contribution < -0.4 is 0 Å². The zero-order valence-electron chi connectivity index (χ0n) is 10.7. The van der Waals surface area contributed by atoms with Crippen LogP contribution in [0, 0.1) is 11.8 Å². The Morgan fingerprint density at radius 2 is 1.76 bits per heavy atom. The summed E-state index contributed by atoms with van der Waals surface area (Å²) < 4.78 is 0. The summed E-state index contributed by atoms with van der Waals surface area (Å²) in [7, 11) is 0. The summed E-state index contributed by atoms with van der Waals surface area (Å²) in [5.74, 6) is 4.49. The Labute approximate surface area is 113 Å². The molecule has 0 amide bonds. The van der Waals surface area contributed by atoms with Gasteiger partial charge in [0, 0.05) is 29.8 Å². The van der Waals surface area contributed by atoms with E-state index >= 15 is 0 Å². The van der Waals surface area contributed by atoms with E-state index in [0.717, 1.165) is 23.0 Å². The molecule has 2 atom stereocenters. The Morgan fingerprint density at radius 3 is 2.35 bits per heavy atom. The molecule has 0 aliphatic carbocycles. The van der Waals surface area contributed by atoms with Gasteiger partial charge in [0.15, 0.2) is 0 Å². The molecule has 1 heterocycles. The zero-order chi connectivity index (χ0) is 12.7. The predicted molar refractivity (Wildman–Crippen MR) is 76.8 cm³/mol. The summed E-state index contributed by atoms with van der Waals surface area (Å²) in [4.78, 5) is 23.5. The minimum atomic E-state index is -0.0561. The lowest BCUT2D eigenvalue weighted by Crippen LogP contribution is -2.23. The molecular formula is C13H22O2S2. The first-order chi connectivity index (χ1) is 8.11. The lowest BCUT2D eigenvalue weighted by atomic mass is 9.95. The number of rotatable bonds is 1. The zero-order valence-corrected chi connectivity index (χ0v) is 12.4. The molecular weight excluding hydrogens is 252 g/mol. The maximum atomic E-state index is 12.0. The van der Waals surface area contributed by atoms with E-state index in [2.05, 4.69) is 0 Å². The molecule has 1 rings (SSSR count). The second-order valence-electron chi connectivity index (χ2n) is 4.74. The average Bonchev–Trinajstić information content (AvgIpc) is 2.28. The van der Waals surface area contributed by atoms with Crippen molar-refractivity contribution in [1.82, 2.24) is 0 Å². The summed E-state index contributed by atoms with van der Waals surface area (Å²) in [5, 5.41) is 0. The monoisotopic (exact) mass is 274 g/mol. The fraction of sp³-hybridized carbons (Fsp3) is 0.846. The minimum Gasteiger partial charge on any atom is -0.300 e. The highest BCUT2D eigenvalue weighted by Gasteiger charge is 2.22. The summed E-state index contributed by atoms with van der Waals surface area (Å²) in [6.45, 7) is 3.61. The standard InChI is InChI=1S/C13H22O2S2/c1-10-8-16-5-3-4-6-17-9-12(11(2)14)7-13(10)15/h10,12H,3-9H2,1-2H3. The highest BCUT2D eigenvalue weighted by atomic mass is 32.2. The van der Waals surface area contributed by atoms with Gasteiger partial charge in [0.1, 0.15) is 11.6 Å². The van der Waals surface area contributed by atoms with Crippen molar-refractivity contribution < 1.29 is 9.59 Å². The molecule has 4 heteroatoms. The molecule has 1 fully saturated rings. The smallest absolute Gasteiger partial charge is 0.137 e. The molecule has 0 bridgehead atoms. The molecule has 1 saturated heterocycles. The maximum absolute atomic E-state index is 12.0. The van der Waals surface area contributed by atoms with Crippen molar-refractivity contribution in [3.05, 3.63) is 0 Å². The molecule has 17 heavy (non-hydrogen) atoms. The number of hydrogen-bond acceptors (Lipinski definition) is 4. The first-order valence-electron chi connectivity index (χ1n) is 6.30. The number of thioether (sulfide) groups is 2. The van der Waals surface area contributed by atoms with E-state index in [-0.39, 0.29) is 23.4 Å². The second kappa shape index (κ2) is 8.20. The third-order valence-corrected chi connectivity index (χ3v) is 5.61. The Bertz CT molecular complexity index is 266. The lowest BCUT2D eigenvalue weighted by Gasteiger charge is -2.17. The molecule has 0 aromatic heterocycles. The topological polar surface area (TPSA) is 34.1 Å². The molecule has 98 valence electrons. The van der Waals surface area contributed by atoms with Gasteiger partial charge in [-0.15, -0.1) is 0 Å². The van der Waals surface area contributed by atoms with Gasteiger partial charge in [-0.05, 0) is 31.3 Å². The van der Waals surface area contributed by atoms with Gasteiger partial charge in [-0.3, -0.25) is 9.59 Å².